The zero-order valence-corrected chi connectivity index (χ0v) is 14.6. The molecule has 0 saturated heterocycles. The van der Waals surface area contributed by atoms with Crippen molar-refractivity contribution >= 4 is 16.2 Å². The predicted octanol–water partition coefficient (Wildman–Crippen LogP) is 1.76. The summed E-state index contributed by atoms with van der Waals surface area (Å²) in [5.41, 5.74) is -0.536. The molecule has 0 aliphatic carbocycles. The van der Waals surface area contributed by atoms with Crippen molar-refractivity contribution in [1.82, 2.24) is 0 Å². The number of rotatable bonds is 12. The second kappa shape index (κ2) is 11.2. The molecule has 112 valence electrons. The Morgan fingerprint density at radius 3 is 2.11 bits per heavy atom. The van der Waals surface area contributed by atoms with Crippen LogP contribution in [0.5, 0.6) is 0 Å². The highest BCUT2D eigenvalue weighted by Crippen LogP contribution is 2.16. The summed E-state index contributed by atoms with van der Waals surface area (Å²) >= 11 is 0. The Balaban J connectivity index is 4.13. The first-order valence-electron chi connectivity index (χ1n) is 7.15. The minimum atomic E-state index is -0.536. The van der Waals surface area contributed by atoms with Crippen molar-refractivity contribution in [3.05, 3.63) is 12.7 Å². The van der Waals surface area contributed by atoms with Gasteiger partial charge in [0, 0.05) is 25.7 Å². The molecule has 0 atom stereocenters. The van der Waals surface area contributed by atoms with Gasteiger partial charge in [-0.15, -0.1) is 0 Å². The number of esters is 1. The minimum absolute atomic E-state index is 0.312. The Kier molecular flexibility index (Phi) is 10.8. The smallest absolute Gasteiger partial charge is 0.330 e. The highest BCUT2D eigenvalue weighted by molar-refractivity contribution is 6.13. The summed E-state index contributed by atoms with van der Waals surface area (Å²) in [5.74, 6) is -0.397. The average Bonchev–Trinajstić information content (AvgIpc) is 2.39. The summed E-state index contributed by atoms with van der Waals surface area (Å²) in [6, 6.07) is 0. The fourth-order valence-electron chi connectivity index (χ4n) is 1.45. The number of carbonyl (C=O) groups is 1. The maximum atomic E-state index is 11.0. The summed E-state index contributed by atoms with van der Waals surface area (Å²) in [5, 5.41) is 0. The van der Waals surface area contributed by atoms with Gasteiger partial charge in [-0.25, -0.2) is 4.79 Å². The van der Waals surface area contributed by atoms with Crippen LogP contribution in [0.4, 0.5) is 0 Å². The van der Waals surface area contributed by atoms with Crippen molar-refractivity contribution in [3.63, 3.8) is 0 Å². The van der Waals surface area contributed by atoms with Gasteiger partial charge >= 0.3 is 5.97 Å². The third-order valence-corrected chi connectivity index (χ3v) is 3.86. The van der Waals surface area contributed by atoms with E-state index < -0.39 is 11.4 Å². The molecule has 0 amide bonds. The van der Waals surface area contributed by atoms with Crippen LogP contribution in [0.2, 0.25) is 0 Å². The minimum Gasteiger partial charge on any atom is -0.462 e. The molecule has 0 spiro atoms. The van der Waals surface area contributed by atoms with E-state index in [1.165, 1.54) is 6.08 Å². The largest absolute Gasteiger partial charge is 0.462 e. The summed E-state index contributed by atoms with van der Waals surface area (Å²) in [4.78, 5) is 11.0. The fourth-order valence-corrected chi connectivity index (χ4v) is 2.06. The Bertz CT molecular complexity index is 246. The lowest BCUT2D eigenvalue weighted by atomic mass is 10.3. The van der Waals surface area contributed by atoms with E-state index in [4.69, 9.17) is 14.2 Å². The third kappa shape index (κ3) is 9.87. The predicted molar refractivity (Wildman–Crippen MR) is 80.2 cm³/mol. The molecule has 0 aliphatic rings. The summed E-state index contributed by atoms with van der Waals surface area (Å²) in [7, 11) is 0.752. The van der Waals surface area contributed by atoms with Crippen molar-refractivity contribution < 1.29 is 19.0 Å². The normalized spacial score (nSPS) is 11.5. The highest BCUT2D eigenvalue weighted by Gasteiger charge is 2.25. The first kappa shape index (κ1) is 18.3. The van der Waals surface area contributed by atoms with Crippen molar-refractivity contribution in [3.8, 4) is 0 Å². The average molecular weight is 288 g/mol. The molecule has 0 radical (unpaired) electrons. The lowest BCUT2D eigenvalue weighted by Crippen LogP contribution is -2.39. The molecule has 0 N–H and O–H groups in total. The van der Waals surface area contributed by atoms with Gasteiger partial charge in [0.05, 0.1) is 16.8 Å². The standard InChI is InChI=1S/C14H28O4Si/c1-4-7-10-17-14(19,18-11-8-5-2)9-12-16-13(15)6-3/h6H,3-5,7-12H2,1-2,19H3. The Morgan fingerprint density at radius 2 is 1.68 bits per heavy atom. The molecule has 0 aromatic heterocycles. The van der Waals surface area contributed by atoms with Crippen molar-refractivity contribution in [2.45, 2.75) is 51.4 Å². The van der Waals surface area contributed by atoms with Crippen LogP contribution >= 0.6 is 0 Å². The zero-order valence-electron chi connectivity index (χ0n) is 12.6. The van der Waals surface area contributed by atoms with Crippen LogP contribution in [0.1, 0.15) is 46.0 Å². The van der Waals surface area contributed by atoms with Crippen LogP contribution in [0.15, 0.2) is 12.7 Å². The molecule has 0 rings (SSSR count). The molecule has 0 aliphatic heterocycles. The van der Waals surface area contributed by atoms with Gasteiger partial charge in [-0.3, -0.25) is 0 Å². The first-order valence-corrected chi connectivity index (χ1v) is 8.15. The fraction of sp³-hybridized carbons (Fsp3) is 0.786. The van der Waals surface area contributed by atoms with Gasteiger partial charge in [0.15, 0.2) is 0 Å². The van der Waals surface area contributed by atoms with E-state index in [9.17, 15) is 4.79 Å². The van der Waals surface area contributed by atoms with Crippen LogP contribution in [-0.2, 0) is 19.0 Å². The molecule has 0 fully saturated rings. The molecule has 0 heterocycles. The van der Waals surface area contributed by atoms with Gasteiger partial charge in [0.2, 0.25) is 0 Å². The number of hydrogen-bond acceptors (Lipinski definition) is 4. The second-order valence-corrected chi connectivity index (χ2v) is 6.18. The number of hydrogen-bond donors (Lipinski definition) is 0. The van der Waals surface area contributed by atoms with E-state index in [1.54, 1.807) is 0 Å². The number of carbonyl (C=O) groups excluding carboxylic acids is 1. The molecule has 19 heavy (non-hydrogen) atoms. The van der Waals surface area contributed by atoms with Gasteiger partial charge in [0.1, 0.15) is 5.41 Å². The van der Waals surface area contributed by atoms with E-state index in [-0.39, 0.29) is 0 Å². The van der Waals surface area contributed by atoms with Gasteiger partial charge in [-0.2, -0.15) is 0 Å². The molecule has 0 bridgehead atoms. The monoisotopic (exact) mass is 288 g/mol. The first-order chi connectivity index (χ1) is 9.08. The Labute approximate surface area is 119 Å². The SMILES string of the molecule is C=CC(=O)OCCC([SiH3])(OCCCC)OCCCC. The zero-order chi connectivity index (χ0) is 14.6. The van der Waals surface area contributed by atoms with E-state index in [2.05, 4.69) is 20.4 Å². The van der Waals surface area contributed by atoms with Crippen molar-refractivity contribution in [2.24, 2.45) is 0 Å². The third-order valence-electron chi connectivity index (χ3n) is 2.78. The molecule has 4 nitrogen and oxygen atoms in total. The Morgan fingerprint density at radius 1 is 1.16 bits per heavy atom. The maximum Gasteiger partial charge on any atom is 0.330 e. The van der Waals surface area contributed by atoms with Gasteiger partial charge < -0.3 is 14.2 Å². The summed E-state index contributed by atoms with van der Waals surface area (Å²) in [6.07, 6.45) is 5.99. The molecule has 0 saturated carbocycles. The van der Waals surface area contributed by atoms with Crippen LogP contribution < -0.4 is 0 Å². The molecule has 0 unspecified atom stereocenters. The molecule has 5 heteroatoms. The summed E-state index contributed by atoms with van der Waals surface area (Å²) < 4.78 is 16.7. The van der Waals surface area contributed by atoms with Crippen LogP contribution in [0, 0.1) is 0 Å². The lowest BCUT2D eigenvalue weighted by Gasteiger charge is -2.30. The molecule has 0 aromatic carbocycles. The van der Waals surface area contributed by atoms with Crippen molar-refractivity contribution in [2.75, 3.05) is 19.8 Å². The van der Waals surface area contributed by atoms with Crippen LogP contribution in [-0.4, -0.2) is 41.4 Å². The van der Waals surface area contributed by atoms with Gasteiger partial charge in [0.25, 0.3) is 0 Å². The molecular weight excluding hydrogens is 260 g/mol. The van der Waals surface area contributed by atoms with Crippen LogP contribution in [0.25, 0.3) is 0 Å². The molecule has 0 aromatic rings. The molecular formula is C14H28O4Si. The van der Waals surface area contributed by atoms with Crippen molar-refractivity contribution in [1.29, 1.82) is 0 Å². The topological polar surface area (TPSA) is 44.8 Å². The summed E-state index contributed by atoms with van der Waals surface area (Å²) in [6.45, 7) is 9.33. The van der Waals surface area contributed by atoms with E-state index in [1.807, 2.05) is 0 Å². The Hall–Kier alpha value is -0.653. The van der Waals surface area contributed by atoms with Crippen LogP contribution in [0.3, 0.4) is 0 Å². The van der Waals surface area contributed by atoms with Gasteiger partial charge in [-0.1, -0.05) is 33.3 Å². The van der Waals surface area contributed by atoms with E-state index in [0.29, 0.717) is 26.2 Å². The van der Waals surface area contributed by atoms with E-state index in [0.717, 1.165) is 35.9 Å². The number of ether oxygens (including phenoxy) is 3. The number of unbranched alkanes of at least 4 members (excludes halogenated alkanes) is 2. The second-order valence-electron chi connectivity index (χ2n) is 4.66. The maximum absolute atomic E-state index is 11.0. The lowest BCUT2D eigenvalue weighted by molar-refractivity contribution is -0.189. The quantitative estimate of drug-likeness (QED) is 0.180. The van der Waals surface area contributed by atoms with E-state index >= 15 is 0 Å². The highest BCUT2D eigenvalue weighted by atomic mass is 28.1. The van der Waals surface area contributed by atoms with Gasteiger partial charge in [-0.05, 0) is 12.8 Å².